The van der Waals surface area contributed by atoms with Crippen molar-refractivity contribution in [1.29, 1.82) is 0 Å². The van der Waals surface area contributed by atoms with Gasteiger partial charge in [0, 0.05) is 7.05 Å². The Morgan fingerprint density at radius 1 is 1.33 bits per heavy atom. The van der Waals surface area contributed by atoms with Crippen molar-refractivity contribution in [2.24, 2.45) is 0 Å². The summed E-state index contributed by atoms with van der Waals surface area (Å²) in [7, 11) is 4.15. The normalized spacial score (nSPS) is 22.6. The van der Waals surface area contributed by atoms with Crippen molar-refractivity contribution in [2.45, 2.75) is 39.3 Å². The lowest BCUT2D eigenvalue weighted by molar-refractivity contribution is 0.150. The van der Waals surface area contributed by atoms with E-state index in [0.717, 1.165) is 18.7 Å². The number of nitrogens with one attached hydrogen (secondary N) is 1. The molecular formula is C15H24N2O. The molecule has 0 aromatic heterocycles. The molecule has 0 saturated carbocycles. The largest absolute Gasteiger partial charge is 0.486 e. The van der Waals surface area contributed by atoms with E-state index >= 15 is 0 Å². The molecule has 1 aliphatic rings. The monoisotopic (exact) mass is 248 g/mol. The Bertz CT molecular complexity index is 431. The van der Waals surface area contributed by atoms with Gasteiger partial charge in [-0.25, -0.2) is 0 Å². The minimum Gasteiger partial charge on any atom is -0.486 e. The lowest BCUT2D eigenvalue weighted by atomic mass is 10.0. The third kappa shape index (κ3) is 2.32. The number of ether oxygens (including phenoxy) is 1. The van der Waals surface area contributed by atoms with Gasteiger partial charge in [-0.2, -0.15) is 0 Å². The smallest absolute Gasteiger partial charge is 0.146 e. The van der Waals surface area contributed by atoms with Crippen LogP contribution in [0, 0.1) is 13.8 Å². The number of nitrogens with zero attached hydrogens (tertiary/aromatic N) is 1. The highest BCUT2D eigenvalue weighted by Gasteiger charge is 2.31. The van der Waals surface area contributed by atoms with Crippen molar-refractivity contribution in [3.63, 3.8) is 0 Å². The van der Waals surface area contributed by atoms with E-state index in [-0.39, 0.29) is 6.10 Å². The first-order valence-electron chi connectivity index (χ1n) is 6.70. The van der Waals surface area contributed by atoms with Crippen molar-refractivity contribution < 1.29 is 4.74 Å². The molecule has 0 fully saturated rings. The fourth-order valence-electron chi connectivity index (χ4n) is 2.65. The van der Waals surface area contributed by atoms with E-state index < -0.39 is 0 Å². The Labute approximate surface area is 110 Å². The molecule has 18 heavy (non-hydrogen) atoms. The maximum atomic E-state index is 6.22. The second-order valence-electron chi connectivity index (χ2n) is 5.33. The van der Waals surface area contributed by atoms with Crippen molar-refractivity contribution in [3.05, 3.63) is 23.3 Å². The van der Waals surface area contributed by atoms with Gasteiger partial charge in [-0.3, -0.25) is 0 Å². The Kier molecular flexibility index (Phi) is 3.81. The maximum absolute atomic E-state index is 6.22. The van der Waals surface area contributed by atoms with Gasteiger partial charge in [0.15, 0.2) is 0 Å². The summed E-state index contributed by atoms with van der Waals surface area (Å²) in [6, 6.07) is 4.82. The molecule has 0 spiro atoms. The SMILES string of the molecule is CNCCC1Oc2c(C)cc(C)cc2N(C)C1C. The van der Waals surface area contributed by atoms with Gasteiger partial charge in [0.25, 0.3) is 0 Å². The standard InChI is InChI=1S/C15H24N2O/c1-10-8-11(2)15-13(9-10)17(5)12(3)14(18-15)6-7-16-4/h8-9,12,14,16H,6-7H2,1-5H3. The number of anilines is 1. The zero-order valence-electron chi connectivity index (χ0n) is 12.1. The number of hydrogen-bond donors (Lipinski definition) is 1. The predicted octanol–water partition coefficient (Wildman–Crippen LogP) is 2.50. The van der Waals surface area contributed by atoms with Gasteiger partial charge in [0.1, 0.15) is 11.9 Å². The molecule has 1 heterocycles. The van der Waals surface area contributed by atoms with Crippen LogP contribution in [-0.4, -0.2) is 32.8 Å². The van der Waals surface area contributed by atoms with Gasteiger partial charge in [0.05, 0.1) is 11.7 Å². The number of rotatable bonds is 3. The summed E-state index contributed by atoms with van der Waals surface area (Å²) < 4.78 is 6.22. The third-order valence-electron chi connectivity index (χ3n) is 3.88. The van der Waals surface area contributed by atoms with E-state index in [0.29, 0.717) is 6.04 Å². The van der Waals surface area contributed by atoms with Crippen LogP contribution in [0.4, 0.5) is 5.69 Å². The minimum absolute atomic E-state index is 0.261. The highest BCUT2D eigenvalue weighted by Crippen LogP contribution is 2.39. The molecular weight excluding hydrogens is 224 g/mol. The third-order valence-corrected chi connectivity index (χ3v) is 3.88. The van der Waals surface area contributed by atoms with Gasteiger partial charge in [-0.1, -0.05) is 6.07 Å². The Balaban J connectivity index is 2.32. The fraction of sp³-hybridized carbons (Fsp3) is 0.600. The molecule has 0 radical (unpaired) electrons. The number of aryl methyl sites for hydroxylation is 2. The molecule has 1 aromatic carbocycles. The lowest BCUT2D eigenvalue weighted by Crippen LogP contribution is -2.47. The number of fused-ring (bicyclic) bond motifs is 1. The molecule has 1 aromatic rings. The topological polar surface area (TPSA) is 24.5 Å². The first kappa shape index (κ1) is 13.2. The van der Waals surface area contributed by atoms with Crippen LogP contribution in [0.1, 0.15) is 24.5 Å². The molecule has 0 aliphatic carbocycles. The van der Waals surface area contributed by atoms with E-state index in [1.807, 2.05) is 7.05 Å². The quantitative estimate of drug-likeness (QED) is 0.889. The van der Waals surface area contributed by atoms with Gasteiger partial charge in [-0.15, -0.1) is 0 Å². The van der Waals surface area contributed by atoms with Crippen molar-refractivity contribution in [1.82, 2.24) is 5.32 Å². The number of likely N-dealkylation sites (N-methyl/N-ethyl adjacent to an activating group) is 1. The van der Waals surface area contributed by atoms with Crippen LogP contribution >= 0.6 is 0 Å². The average molecular weight is 248 g/mol. The Hall–Kier alpha value is -1.22. The van der Waals surface area contributed by atoms with E-state index in [1.165, 1.54) is 16.8 Å². The van der Waals surface area contributed by atoms with E-state index in [1.54, 1.807) is 0 Å². The van der Waals surface area contributed by atoms with Crippen LogP contribution < -0.4 is 15.0 Å². The molecule has 2 unspecified atom stereocenters. The zero-order chi connectivity index (χ0) is 13.3. The molecule has 1 aliphatic heterocycles. The first-order chi connectivity index (χ1) is 8.54. The van der Waals surface area contributed by atoms with Crippen LogP contribution in [0.2, 0.25) is 0 Å². The molecule has 3 nitrogen and oxygen atoms in total. The van der Waals surface area contributed by atoms with Gasteiger partial charge >= 0.3 is 0 Å². The van der Waals surface area contributed by atoms with E-state index in [9.17, 15) is 0 Å². The summed E-state index contributed by atoms with van der Waals surface area (Å²) in [6.07, 6.45) is 1.30. The van der Waals surface area contributed by atoms with Crippen molar-refractivity contribution in [2.75, 3.05) is 25.5 Å². The van der Waals surface area contributed by atoms with Crippen molar-refractivity contribution >= 4 is 5.69 Å². The average Bonchev–Trinajstić information content (AvgIpc) is 2.33. The molecule has 3 heteroatoms. The van der Waals surface area contributed by atoms with Crippen LogP contribution in [0.3, 0.4) is 0 Å². The van der Waals surface area contributed by atoms with Crippen molar-refractivity contribution in [3.8, 4) is 5.75 Å². The summed E-state index contributed by atoms with van der Waals surface area (Å²) in [6.45, 7) is 7.49. The van der Waals surface area contributed by atoms with E-state index in [4.69, 9.17) is 4.74 Å². The highest BCUT2D eigenvalue weighted by molar-refractivity contribution is 5.65. The number of hydrogen-bond acceptors (Lipinski definition) is 3. The van der Waals surface area contributed by atoms with Gasteiger partial charge in [-0.05, 0) is 58.0 Å². The molecule has 0 bridgehead atoms. The maximum Gasteiger partial charge on any atom is 0.146 e. The van der Waals surface area contributed by atoms with Gasteiger partial charge in [0.2, 0.25) is 0 Å². The Morgan fingerprint density at radius 2 is 2.06 bits per heavy atom. The fourth-order valence-corrected chi connectivity index (χ4v) is 2.65. The predicted molar refractivity (Wildman–Crippen MR) is 76.7 cm³/mol. The minimum atomic E-state index is 0.261. The Morgan fingerprint density at radius 3 is 2.72 bits per heavy atom. The second kappa shape index (κ2) is 5.19. The van der Waals surface area contributed by atoms with Crippen LogP contribution in [0.15, 0.2) is 12.1 Å². The summed E-state index contributed by atoms with van der Waals surface area (Å²) in [4.78, 5) is 2.35. The molecule has 1 N–H and O–H groups in total. The molecule has 2 atom stereocenters. The van der Waals surface area contributed by atoms with Crippen LogP contribution in [0.25, 0.3) is 0 Å². The van der Waals surface area contributed by atoms with Gasteiger partial charge < -0.3 is 15.0 Å². The molecule has 0 amide bonds. The van der Waals surface area contributed by atoms with E-state index in [2.05, 4.69) is 50.2 Å². The van der Waals surface area contributed by atoms with Crippen LogP contribution in [-0.2, 0) is 0 Å². The number of benzene rings is 1. The molecule has 2 rings (SSSR count). The highest BCUT2D eigenvalue weighted by atomic mass is 16.5. The first-order valence-corrected chi connectivity index (χ1v) is 6.70. The summed E-state index contributed by atoms with van der Waals surface area (Å²) >= 11 is 0. The molecule has 0 saturated heterocycles. The summed E-state index contributed by atoms with van der Waals surface area (Å²) in [5.41, 5.74) is 3.75. The zero-order valence-corrected chi connectivity index (χ0v) is 12.1. The van der Waals surface area contributed by atoms with Crippen LogP contribution in [0.5, 0.6) is 5.75 Å². The lowest BCUT2D eigenvalue weighted by Gasteiger charge is -2.40. The molecule has 100 valence electrons. The summed E-state index contributed by atoms with van der Waals surface area (Å²) in [5, 5.41) is 3.20. The second-order valence-corrected chi connectivity index (χ2v) is 5.33. The summed E-state index contributed by atoms with van der Waals surface area (Å²) in [5.74, 6) is 1.06.